The molecule has 0 spiro atoms. The molecule has 0 fully saturated rings. The molecule has 6 heteroatoms. The maximum Gasteiger partial charge on any atom is 0.210 e. The molecule has 2 aromatic rings. The molecule has 27 heavy (non-hydrogen) atoms. The predicted octanol–water partition coefficient (Wildman–Crippen LogP) is 3.00. The summed E-state index contributed by atoms with van der Waals surface area (Å²) in [7, 11) is 6.54. The number of rotatable bonds is 5. The third-order valence-electron chi connectivity index (χ3n) is 5.60. The Bertz CT molecular complexity index is 908. The van der Waals surface area contributed by atoms with Gasteiger partial charge >= 0.3 is 0 Å². The Morgan fingerprint density at radius 1 is 0.926 bits per heavy atom. The zero-order valence-electron chi connectivity index (χ0n) is 16.0. The average Bonchev–Trinajstić information content (AvgIpc) is 2.72. The largest absolute Gasteiger partial charge is 0.493 e. The van der Waals surface area contributed by atoms with Crippen LogP contribution in [-0.4, -0.2) is 46.3 Å². The first-order chi connectivity index (χ1) is 13.2. The Morgan fingerprint density at radius 3 is 2.22 bits per heavy atom. The van der Waals surface area contributed by atoms with E-state index < -0.39 is 0 Å². The van der Waals surface area contributed by atoms with Crippen LogP contribution in [0.4, 0.5) is 0 Å². The van der Waals surface area contributed by atoms with Crippen molar-refractivity contribution in [2.45, 2.75) is 18.9 Å². The molecule has 1 unspecified atom stereocenters. The van der Waals surface area contributed by atoms with Gasteiger partial charge in [0, 0.05) is 12.1 Å². The molecule has 0 radical (unpaired) electrons. The van der Waals surface area contributed by atoms with Gasteiger partial charge in [-0.05, 0) is 53.3 Å². The van der Waals surface area contributed by atoms with E-state index in [-0.39, 0.29) is 6.04 Å². The number of ether oxygens (including phenoxy) is 4. The van der Waals surface area contributed by atoms with Crippen molar-refractivity contribution < 1.29 is 23.7 Å². The summed E-state index contributed by atoms with van der Waals surface area (Å²) in [5.74, 6) is 2.72. The maximum absolute atomic E-state index is 11.7. The first kappa shape index (κ1) is 17.5. The van der Waals surface area contributed by atoms with Gasteiger partial charge in [0.05, 0.1) is 34.5 Å². The second-order valence-corrected chi connectivity index (χ2v) is 6.74. The molecular weight excluding hydrogens is 346 g/mol. The van der Waals surface area contributed by atoms with Crippen LogP contribution in [0.1, 0.15) is 22.7 Å². The summed E-state index contributed by atoms with van der Waals surface area (Å²) in [5, 5.41) is 0. The Morgan fingerprint density at radius 2 is 1.59 bits per heavy atom. The van der Waals surface area contributed by atoms with Crippen molar-refractivity contribution in [2.75, 3.05) is 35.0 Å². The lowest BCUT2D eigenvalue weighted by atomic mass is 9.76. The zero-order valence-corrected chi connectivity index (χ0v) is 16.0. The molecule has 4 rings (SSSR count). The SMILES string of the molecule is COc1cc2c(cc1OC)-c1c(OC)c(OC)cc3c1C(C2)N(C=O)CC3. The maximum atomic E-state index is 11.7. The summed E-state index contributed by atoms with van der Waals surface area (Å²) in [6, 6.07) is 6.00. The van der Waals surface area contributed by atoms with Crippen molar-refractivity contribution in [2.24, 2.45) is 0 Å². The van der Waals surface area contributed by atoms with Gasteiger partial charge in [0.15, 0.2) is 23.0 Å². The Kier molecular flexibility index (Phi) is 4.34. The molecule has 2 aliphatic rings. The first-order valence-corrected chi connectivity index (χ1v) is 8.90. The number of amides is 1. The third kappa shape index (κ3) is 2.51. The number of methoxy groups -OCH3 is 4. The van der Waals surface area contributed by atoms with Crippen molar-refractivity contribution in [3.63, 3.8) is 0 Å². The molecule has 1 amide bonds. The van der Waals surface area contributed by atoms with E-state index in [4.69, 9.17) is 18.9 Å². The highest BCUT2D eigenvalue weighted by Gasteiger charge is 2.37. The van der Waals surface area contributed by atoms with E-state index in [0.717, 1.165) is 41.5 Å². The molecule has 142 valence electrons. The van der Waals surface area contributed by atoms with Crippen LogP contribution in [-0.2, 0) is 17.6 Å². The van der Waals surface area contributed by atoms with Gasteiger partial charge in [0.25, 0.3) is 0 Å². The molecule has 0 saturated heterocycles. The normalized spacial score (nSPS) is 16.9. The lowest BCUT2D eigenvalue weighted by molar-refractivity contribution is -0.120. The van der Waals surface area contributed by atoms with Gasteiger partial charge in [0.1, 0.15) is 0 Å². The molecule has 1 heterocycles. The minimum Gasteiger partial charge on any atom is -0.493 e. The Hall–Kier alpha value is -2.89. The van der Waals surface area contributed by atoms with Crippen LogP contribution < -0.4 is 18.9 Å². The van der Waals surface area contributed by atoms with E-state index in [1.54, 1.807) is 28.4 Å². The van der Waals surface area contributed by atoms with E-state index >= 15 is 0 Å². The molecular formula is C21H23NO5. The lowest BCUT2D eigenvalue weighted by Crippen LogP contribution is -2.37. The summed E-state index contributed by atoms with van der Waals surface area (Å²) in [5.41, 5.74) is 5.45. The molecule has 2 aromatic carbocycles. The summed E-state index contributed by atoms with van der Waals surface area (Å²) in [6.07, 6.45) is 2.46. The van der Waals surface area contributed by atoms with Crippen LogP contribution >= 0.6 is 0 Å². The van der Waals surface area contributed by atoms with E-state index in [1.807, 2.05) is 23.1 Å². The lowest BCUT2D eigenvalue weighted by Gasteiger charge is -2.40. The number of carbonyl (C=O) groups is 1. The van der Waals surface area contributed by atoms with Crippen LogP contribution in [0.15, 0.2) is 18.2 Å². The number of benzene rings is 2. The highest BCUT2D eigenvalue weighted by Crippen LogP contribution is 2.53. The summed E-state index contributed by atoms with van der Waals surface area (Å²) in [6.45, 7) is 0.693. The van der Waals surface area contributed by atoms with Crippen molar-refractivity contribution >= 4 is 6.41 Å². The van der Waals surface area contributed by atoms with Crippen LogP contribution in [0.2, 0.25) is 0 Å². The first-order valence-electron chi connectivity index (χ1n) is 8.90. The predicted molar refractivity (Wildman–Crippen MR) is 101 cm³/mol. The topological polar surface area (TPSA) is 57.2 Å². The number of fused-ring (bicyclic) bond motifs is 2. The average molecular weight is 369 g/mol. The van der Waals surface area contributed by atoms with Gasteiger partial charge in [-0.1, -0.05) is 0 Å². The Balaban J connectivity index is 2.07. The van der Waals surface area contributed by atoms with Crippen LogP contribution in [0.25, 0.3) is 11.1 Å². The summed E-state index contributed by atoms with van der Waals surface area (Å²) in [4.78, 5) is 13.6. The fourth-order valence-corrected chi connectivity index (χ4v) is 4.36. The quantitative estimate of drug-likeness (QED) is 0.759. The molecule has 1 aliphatic carbocycles. The van der Waals surface area contributed by atoms with E-state index in [0.29, 0.717) is 29.5 Å². The number of hydrogen-bond acceptors (Lipinski definition) is 5. The van der Waals surface area contributed by atoms with E-state index in [9.17, 15) is 4.79 Å². The van der Waals surface area contributed by atoms with Gasteiger partial charge in [-0.15, -0.1) is 0 Å². The fraction of sp³-hybridized carbons (Fsp3) is 0.381. The van der Waals surface area contributed by atoms with Gasteiger partial charge in [0.2, 0.25) is 6.41 Å². The highest BCUT2D eigenvalue weighted by molar-refractivity contribution is 5.85. The minimum absolute atomic E-state index is 0.0216. The summed E-state index contributed by atoms with van der Waals surface area (Å²) >= 11 is 0. The van der Waals surface area contributed by atoms with Gasteiger partial charge < -0.3 is 23.8 Å². The molecule has 6 nitrogen and oxygen atoms in total. The van der Waals surface area contributed by atoms with Crippen molar-refractivity contribution in [1.82, 2.24) is 4.90 Å². The second-order valence-electron chi connectivity index (χ2n) is 6.74. The molecule has 1 atom stereocenters. The molecule has 0 bridgehead atoms. The van der Waals surface area contributed by atoms with Gasteiger partial charge in [-0.2, -0.15) is 0 Å². The van der Waals surface area contributed by atoms with Crippen LogP contribution in [0.5, 0.6) is 23.0 Å². The molecule has 1 aliphatic heterocycles. The smallest absolute Gasteiger partial charge is 0.210 e. The van der Waals surface area contributed by atoms with Crippen molar-refractivity contribution in [3.05, 3.63) is 34.9 Å². The van der Waals surface area contributed by atoms with Gasteiger partial charge in [-0.25, -0.2) is 0 Å². The number of nitrogens with zero attached hydrogens (tertiary/aromatic N) is 1. The van der Waals surface area contributed by atoms with Crippen molar-refractivity contribution in [1.29, 1.82) is 0 Å². The number of carbonyl (C=O) groups excluding carboxylic acids is 1. The third-order valence-corrected chi connectivity index (χ3v) is 5.60. The number of hydrogen-bond donors (Lipinski definition) is 0. The van der Waals surface area contributed by atoms with Crippen LogP contribution in [0.3, 0.4) is 0 Å². The highest BCUT2D eigenvalue weighted by atomic mass is 16.5. The molecule has 0 aromatic heterocycles. The molecule has 0 N–H and O–H groups in total. The second kappa shape index (κ2) is 6.68. The van der Waals surface area contributed by atoms with E-state index in [2.05, 4.69) is 0 Å². The van der Waals surface area contributed by atoms with E-state index in [1.165, 1.54) is 5.56 Å². The minimum atomic E-state index is -0.0216. The van der Waals surface area contributed by atoms with Crippen molar-refractivity contribution in [3.8, 4) is 34.1 Å². The standard InChI is InChI=1S/C21H23NO5/c1-24-16-9-13-7-15-19-12(5-6-22(15)11-23)8-18(26-3)21(27-4)20(19)14(13)10-17(16)25-2/h8-11,15H,5-7H2,1-4H3. The summed E-state index contributed by atoms with van der Waals surface area (Å²) < 4.78 is 22.4. The molecule has 0 saturated carbocycles. The monoisotopic (exact) mass is 369 g/mol. The van der Waals surface area contributed by atoms with Gasteiger partial charge in [-0.3, -0.25) is 4.79 Å². The zero-order chi connectivity index (χ0) is 19.1. The van der Waals surface area contributed by atoms with Crippen LogP contribution in [0, 0.1) is 0 Å². The Labute approximate surface area is 158 Å². The fourth-order valence-electron chi connectivity index (χ4n) is 4.36.